The fraction of sp³-hybridized carbons (Fsp3) is 1.00. The first kappa shape index (κ1) is 25.4. The van der Waals surface area contributed by atoms with Gasteiger partial charge in [0.25, 0.3) is 0 Å². The Labute approximate surface area is 144 Å². The molecule has 0 spiro atoms. The van der Waals surface area contributed by atoms with Crippen LogP contribution in [0.3, 0.4) is 0 Å². The summed E-state index contributed by atoms with van der Waals surface area (Å²) in [5.41, 5.74) is 5.36. The fourth-order valence-electron chi connectivity index (χ4n) is 1.67. The van der Waals surface area contributed by atoms with E-state index in [0.717, 1.165) is 19.0 Å². The minimum Gasteiger partial charge on any atom is -0.398 e. The summed E-state index contributed by atoms with van der Waals surface area (Å²) >= 11 is 0. The smallest absolute Gasteiger partial charge is 0.398 e. The van der Waals surface area contributed by atoms with Gasteiger partial charge < -0.3 is 32.3 Å². The topological polar surface area (TPSA) is 81.4 Å². The molecule has 0 radical (unpaired) electrons. The molecule has 0 rings (SSSR count). The Morgan fingerprint density at radius 1 is 0.739 bits per heavy atom. The van der Waals surface area contributed by atoms with Gasteiger partial charge in [-0.2, -0.15) is 0 Å². The molecule has 0 fully saturated rings. The van der Waals surface area contributed by atoms with Crippen molar-refractivity contribution in [1.29, 1.82) is 0 Å². The monoisotopic (exact) mass is 371 g/mol. The van der Waals surface area contributed by atoms with Crippen LogP contribution in [0.4, 0.5) is 0 Å². The molecule has 0 atom stereocenters. The summed E-state index contributed by atoms with van der Waals surface area (Å²) in [6, 6.07) is 0.983. The molecule has 0 aromatic heterocycles. The van der Waals surface area contributed by atoms with E-state index in [1.807, 2.05) is 34.2 Å². The van der Waals surface area contributed by atoms with E-state index in [1.165, 1.54) is 0 Å². The quantitative estimate of drug-likeness (QED) is 0.497. The summed E-state index contributed by atoms with van der Waals surface area (Å²) in [4.78, 5) is 0. The van der Waals surface area contributed by atoms with Crippen molar-refractivity contribution in [2.75, 3.05) is 47.2 Å². The molecule has 0 aliphatic rings. The molecule has 0 unspecified atom stereocenters. The van der Waals surface area contributed by atoms with E-state index < -0.39 is 17.6 Å². The van der Waals surface area contributed by atoms with E-state index in [9.17, 15) is 0 Å². The van der Waals surface area contributed by atoms with Crippen LogP contribution in [-0.4, -0.2) is 64.8 Å². The lowest BCUT2D eigenvalue weighted by molar-refractivity contribution is -0.0247. The van der Waals surface area contributed by atoms with E-state index in [4.69, 9.17) is 32.3 Å². The van der Waals surface area contributed by atoms with Gasteiger partial charge in [-0.05, 0) is 53.3 Å². The van der Waals surface area contributed by atoms with Gasteiger partial charge in [0.1, 0.15) is 0 Å². The first-order valence-corrected chi connectivity index (χ1v) is 12.4. The minimum atomic E-state index is -2.80. The molecule has 0 saturated heterocycles. The molecule has 0 saturated carbocycles. The van der Waals surface area contributed by atoms with Crippen LogP contribution >= 0.6 is 0 Å². The predicted octanol–water partition coefficient (Wildman–Crippen LogP) is 2.27. The SMILES string of the molecule is CCO[Si](OCC)(OCC)OCC.CO[Si](C)(CCCN)OC. The molecule has 0 aromatic rings. The molecule has 0 bridgehead atoms. The summed E-state index contributed by atoms with van der Waals surface area (Å²) in [5, 5.41) is 0. The molecule has 0 amide bonds. The second kappa shape index (κ2) is 15.7. The van der Waals surface area contributed by atoms with Gasteiger partial charge in [0.05, 0.1) is 0 Å². The Bertz CT molecular complexity index is 228. The van der Waals surface area contributed by atoms with Gasteiger partial charge in [-0.25, -0.2) is 0 Å². The molecule has 0 aliphatic heterocycles. The maximum Gasteiger partial charge on any atom is 0.679 e. The van der Waals surface area contributed by atoms with Crippen LogP contribution in [-0.2, 0) is 26.6 Å². The van der Waals surface area contributed by atoms with Crippen molar-refractivity contribution < 1.29 is 26.6 Å². The van der Waals surface area contributed by atoms with E-state index in [-0.39, 0.29) is 0 Å². The highest BCUT2D eigenvalue weighted by Crippen LogP contribution is 2.12. The van der Waals surface area contributed by atoms with Crippen molar-refractivity contribution in [2.45, 2.75) is 46.7 Å². The molecular weight excluding hydrogens is 334 g/mol. The third-order valence-electron chi connectivity index (χ3n) is 2.98. The van der Waals surface area contributed by atoms with Gasteiger partial charge in [0.15, 0.2) is 0 Å². The number of rotatable bonds is 13. The van der Waals surface area contributed by atoms with Crippen molar-refractivity contribution >= 4 is 17.6 Å². The largest absolute Gasteiger partial charge is 0.679 e. The van der Waals surface area contributed by atoms with Crippen molar-refractivity contribution in [3.05, 3.63) is 0 Å². The van der Waals surface area contributed by atoms with Gasteiger partial charge in [-0.1, -0.05) is 0 Å². The molecule has 9 heteroatoms. The molecule has 142 valence electrons. The lowest BCUT2D eigenvalue weighted by Crippen LogP contribution is -2.49. The van der Waals surface area contributed by atoms with Crippen LogP contribution in [0.2, 0.25) is 12.6 Å². The minimum absolute atomic E-state index is 0.548. The zero-order chi connectivity index (χ0) is 18.2. The van der Waals surface area contributed by atoms with Gasteiger partial charge in [-0.15, -0.1) is 0 Å². The van der Waals surface area contributed by atoms with Gasteiger partial charge in [0, 0.05) is 40.6 Å². The summed E-state index contributed by atoms with van der Waals surface area (Å²) in [6.07, 6.45) is 0.990. The summed E-state index contributed by atoms with van der Waals surface area (Å²) in [5.74, 6) is 0. The van der Waals surface area contributed by atoms with Gasteiger partial charge in [-0.3, -0.25) is 0 Å². The second-order valence-electron chi connectivity index (χ2n) is 4.67. The van der Waals surface area contributed by atoms with Gasteiger partial charge >= 0.3 is 17.6 Å². The van der Waals surface area contributed by atoms with Crippen LogP contribution < -0.4 is 5.73 Å². The Kier molecular flexibility index (Phi) is 17.3. The Morgan fingerprint density at radius 3 is 1.30 bits per heavy atom. The zero-order valence-electron chi connectivity index (χ0n) is 16.0. The van der Waals surface area contributed by atoms with Crippen LogP contribution in [0, 0.1) is 0 Å². The van der Waals surface area contributed by atoms with Crippen LogP contribution in [0.25, 0.3) is 0 Å². The molecule has 23 heavy (non-hydrogen) atoms. The molecule has 0 aliphatic carbocycles. The standard InChI is InChI=1S/C8H20O4Si.C6H17NO2Si/c1-5-9-13(10-6-2,11-7-3)12-8-4;1-8-10(3,9-2)6-4-5-7/h5-8H2,1-4H3;4-7H2,1-3H3. The summed E-state index contributed by atoms with van der Waals surface area (Å²) in [6.45, 7) is 12.6. The van der Waals surface area contributed by atoms with Crippen LogP contribution in [0.5, 0.6) is 0 Å². The highest BCUT2D eigenvalue weighted by atomic mass is 28.4. The van der Waals surface area contributed by atoms with Crippen molar-refractivity contribution in [1.82, 2.24) is 0 Å². The number of hydrogen-bond acceptors (Lipinski definition) is 7. The molecule has 7 nitrogen and oxygen atoms in total. The third-order valence-corrected chi connectivity index (χ3v) is 8.54. The van der Waals surface area contributed by atoms with E-state index in [0.29, 0.717) is 26.4 Å². The Balaban J connectivity index is 0. The molecular formula is C14H37NO6Si2. The first-order chi connectivity index (χ1) is 10.9. The normalized spacial score (nSPS) is 12.0. The van der Waals surface area contributed by atoms with Crippen molar-refractivity contribution in [3.8, 4) is 0 Å². The highest BCUT2D eigenvalue weighted by molar-refractivity contribution is 6.65. The fourth-order valence-corrected chi connectivity index (χ4v) is 5.00. The predicted molar refractivity (Wildman–Crippen MR) is 96.4 cm³/mol. The molecule has 0 aromatic carbocycles. The zero-order valence-corrected chi connectivity index (χ0v) is 18.0. The lowest BCUT2D eigenvalue weighted by Gasteiger charge is -2.26. The van der Waals surface area contributed by atoms with E-state index >= 15 is 0 Å². The Hall–Kier alpha value is 0.154. The lowest BCUT2D eigenvalue weighted by atomic mass is 10.5. The Morgan fingerprint density at radius 2 is 1.09 bits per heavy atom. The molecule has 2 N–H and O–H groups in total. The average molecular weight is 372 g/mol. The average Bonchev–Trinajstić information content (AvgIpc) is 2.54. The van der Waals surface area contributed by atoms with Crippen LogP contribution in [0.15, 0.2) is 0 Å². The second-order valence-corrected chi connectivity index (χ2v) is 10.4. The first-order valence-electron chi connectivity index (χ1n) is 8.29. The van der Waals surface area contributed by atoms with Crippen molar-refractivity contribution in [2.24, 2.45) is 5.73 Å². The molecule has 0 heterocycles. The van der Waals surface area contributed by atoms with Crippen molar-refractivity contribution in [3.63, 3.8) is 0 Å². The summed E-state index contributed by atoms with van der Waals surface area (Å²) in [7, 11) is -1.19. The van der Waals surface area contributed by atoms with Crippen LogP contribution in [0.1, 0.15) is 34.1 Å². The van der Waals surface area contributed by atoms with E-state index in [2.05, 4.69) is 0 Å². The highest BCUT2D eigenvalue weighted by Gasteiger charge is 2.44. The number of hydrogen-bond donors (Lipinski definition) is 1. The number of nitrogens with two attached hydrogens (primary N) is 1. The third kappa shape index (κ3) is 12.2. The maximum atomic E-state index is 5.42. The summed E-state index contributed by atoms with van der Waals surface area (Å²) < 4.78 is 32.2. The maximum absolute atomic E-state index is 5.42. The van der Waals surface area contributed by atoms with E-state index in [1.54, 1.807) is 14.2 Å². The van der Waals surface area contributed by atoms with Gasteiger partial charge in [0.2, 0.25) is 0 Å².